The number of carbonyl (C=O) groups is 4. The van der Waals surface area contributed by atoms with Gasteiger partial charge in [0.25, 0.3) is 0 Å². The molecule has 0 saturated carbocycles. The number of likely N-dealkylation sites (tertiary alicyclic amines) is 2. The first-order valence-corrected chi connectivity index (χ1v) is 22.5. The Morgan fingerprint density at radius 3 is 1.17 bits per heavy atom. The third kappa shape index (κ3) is 15.7. The summed E-state index contributed by atoms with van der Waals surface area (Å²) in [6, 6.07) is 36.1. The Hall–Kier alpha value is -5.79. The van der Waals surface area contributed by atoms with Gasteiger partial charge < -0.3 is 45.1 Å². The number of hydrogen-bond acceptors (Lipinski definition) is 9. The van der Waals surface area contributed by atoms with Crippen LogP contribution in [0, 0.1) is 17.8 Å². The molecule has 7 atom stereocenters. The molecule has 0 spiro atoms. The van der Waals surface area contributed by atoms with Gasteiger partial charge in [0.1, 0.15) is 60.5 Å². The van der Waals surface area contributed by atoms with Crippen LogP contribution in [0.4, 0.5) is 0 Å². The van der Waals surface area contributed by atoms with Crippen LogP contribution in [0.15, 0.2) is 121 Å². The average molecular weight is 915 g/mol. The number of ether oxygens (including phenoxy) is 4. The maximum Gasteiger partial charge on any atom is 0.245 e. The fourth-order valence-corrected chi connectivity index (χ4v) is 7.56. The highest BCUT2D eigenvalue weighted by molar-refractivity contribution is 5.90. The van der Waals surface area contributed by atoms with E-state index in [2.05, 4.69) is 10.6 Å². The third-order valence-corrected chi connectivity index (χ3v) is 11.2. The van der Waals surface area contributed by atoms with Crippen molar-refractivity contribution in [2.45, 2.75) is 104 Å². The molecule has 13 nitrogen and oxygen atoms in total. The van der Waals surface area contributed by atoms with Crippen molar-refractivity contribution in [1.29, 1.82) is 0 Å². The van der Waals surface area contributed by atoms with Crippen molar-refractivity contribution in [1.82, 2.24) is 20.4 Å². The first-order valence-electron chi connectivity index (χ1n) is 22.5. The number of halogens is 1. The second-order valence-corrected chi connectivity index (χ2v) is 17.5. The molecule has 0 aliphatic carbocycles. The lowest BCUT2D eigenvalue weighted by atomic mass is 10.0. The van der Waals surface area contributed by atoms with Gasteiger partial charge in [0, 0.05) is 18.8 Å². The summed E-state index contributed by atoms with van der Waals surface area (Å²) in [6.07, 6.45) is 0.998. The van der Waals surface area contributed by atoms with E-state index in [4.69, 9.17) is 24.7 Å². The van der Waals surface area contributed by atoms with E-state index in [1.165, 1.54) is 0 Å². The first-order chi connectivity index (χ1) is 30.7. The van der Waals surface area contributed by atoms with E-state index in [-0.39, 0.29) is 78.1 Å². The lowest BCUT2D eigenvalue weighted by Crippen LogP contribution is -2.55. The number of amides is 4. The molecule has 14 heteroatoms. The predicted molar refractivity (Wildman–Crippen MR) is 255 cm³/mol. The minimum atomic E-state index is -0.686. The van der Waals surface area contributed by atoms with Gasteiger partial charge in [-0.05, 0) is 67.3 Å². The van der Waals surface area contributed by atoms with E-state index in [9.17, 15) is 19.2 Å². The number of nitrogens with two attached hydrogens (primary N) is 1. The summed E-state index contributed by atoms with van der Waals surface area (Å²) >= 11 is 0. The fourth-order valence-electron chi connectivity index (χ4n) is 7.56. The minimum Gasteiger partial charge on any atom is -0.491 e. The van der Waals surface area contributed by atoms with Crippen LogP contribution in [0.2, 0.25) is 0 Å². The predicted octanol–water partition coefficient (Wildman–Crippen LogP) is 6.93. The molecular formula is C51H68ClN5O8. The highest BCUT2D eigenvalue weighted by Gasteiger charge is 2.42. The molecule has 0 radical (unpaired) electrons. The Morgan fingerprint density at radius 2 is 0.862 bits per heavy atom. The number of carbonyl (C=O) groups excluding carboxylic acids is 4. The minimum absolute atomic E-state index is 0. The monoisotopic (exact) mass is 913 g/mol. The number of nitrogens with zero attached hydrogens (tertiary/aromatic N) is 2. The molecule has 0 aromatic heterocycles. The second-order valence-electron chi connectivity index (χ2n) is 17.5. The van der Waals surface area contributed by atoms with Crippen LogP contribution in [0.5, 0.6) is 23.0 Å². The molecule has 2 unspecified atom stereocenters. The number of rotatable bonds is 18. The van der Waals surface area contributed by atoms with Gasteiger partial charge in [-0.3, -0.25) is 19.2 Å². The van der Waals surface area contributed by atoms with E-state index < -0.39 is 18.1 Å². The number of hydrogen-bond donors (Lipinski definition) is 3. The van der Waals surface area contributed by atoms with Gasteiger partial charge in [-0.2, -0.15) is 0 Å². The van der Waals surface area contributed by atoms with Crippen molar-refractivity contribution in [3.05, 3.63) is 121 Å². The quantitative estimate of drug-likeness (QED) is 0.0962. The molecule has 4 amide bonds. The van der Waals surface area contributed by atoms with Crippen LogP contribution in [0.3, 0.4) is 0 Å². The Bertz CT molecular complexity index is 1900. The molecule has 65 heavy (non-hydrogen) atoms. The third-order valence-electron chi connectivity index (χ3n) is 11.2. The van der Waals surface area contributed by atoms with E-state index in [1.54, 1.807) is 11.8 Å². The molecule has 2 fully saturated rings. The Balaban J connectivity index is 0.000000280. The SMILES string of the molecule is CC(C)C(=O)N[C@H](C(=O)N1CC(Oc2ccccc2)C[C@H]1COc1ccccc1)C(C)C.CC(C)[C@H](NC(=O)[C@H](C)N)C(=O)N1CC(Oc2ccccc2)C[C@H]1COc1ccccc1.Cl. The van der Waals surface area contributed by atoms with E-state index in [0.717, 1.165) is 23.0 Å². The van der Waals surface area contributed by atoms with Crippen molar-refractivity contribution < 1.29 is 38.1 Å². The molecule has 352 valence electrons. The Morgan fingerprint density at radius 1 is 0.538 bits per heavy atom. The van der Waals surface area contributed by atoms with Crippen molar-refractivity contribution >= 4 is 36.0 Å². The summed E-state index contributed by atoms with van der Waals surface area (Å²) in [5.41, 5.74) is 5.71. The van der Waals surface area contributed by atoms with Crippen LogP contribution in [0.1, 0.15) is 61.3 Å². The molecule has 4 N–H and O–H groups in total. The molecular weight excluding hydrogens is 846 g/mol. The lowest BCUT2D eigenvalue weighted by molar-refractivity contribution is -0.139. The van der Waals surface area contributed by atoms with Gasteiger partial charge in [-0.1, -0.05) is 114 Å². The normalized spacial score (nSPS) is 19.2. The summed E-state index contributed by atoms with van der Waals surface area (Å²) in [5, 5.41) is 5.75. The Labute approximate surface area is 391 Å². The lowest BCUT2D eigenvalue weighted by Gasteiger charge is -2.31. The van der Waals surface area contributed by atoms with Gasteiger partial charge in [-0.25, -0.2) is 0 Å². The first kappa shape index (κ1) is 51.8. The van der Waals surface area contributed by atoms with Crippen LogP contribution in [-0.2, 0) is 19.2 Å². The molecule has 6 rings (SSSR count). The summed E-state index contributed by atoms with van der Waals surface area (Å²) in [7, 11) is 0. The number of benzene rings is 4. The van der Waals surface area contributed by atoms with Gasteiger partial charge in [0.15, 0.2) is 0 Å². The summed E-state index contributed by atoms with van der Waals surface area (Å²) in [5.74, 6) is 2.06. The molecule has 2 heterocycles. The van der Waals surface area contributed by atoms with Crippen LogP contribution >= 0.6 is 12.4 Å². The van der Waals surface area contributed by atoms with Gasteiger partial charge in [0.2, 0.25) is 23.6 Å². The largest absolute Gasteiger partial charge is 0.491 e. The molecule has 2 saturated heterocycles. The molecule has 2 aliphatic rings. The molecule has 0 bridgehead atoms. The summed E-state index contributed by atoms with van der Waals surface area (Å²) in [4.78, 5) is 55.3. The van der Waals surface area contributed by atoms with Gasteiger partial charge in [0.05, 0.1) is 31.2 Å². The van der Waals surface area contributed by atoms with Crippen molar-refractivity contribution in [3.63, 3.8) is 0 Å². The van der Waals surface area contributed by atoms with Crippen molar-refractivity contribution in [2.75, 3.05) is 26.3 Å². The fraction of sp³-hybridized carbons (Fsp3) is 0.451. The zero-order valence-electron chi connectivity index (χ0n) is 38.7. The summed E-state index contributed by atoms with van der Waals surface area (Å²) < 4.78 is 24.3. The maximum absolute atomic E-state index is 13.6. The maximum atomic E-state index is 13.6. The van der Waals surface area contributed by atoms with E-state index in [0.29, 0.717) is 39.1 Å². The van der Waals surface area contributed by atoms with Crippen LogP contribution in [-0.4, -0.2) is 102 Å². The zero-order valence-corrected chi connectivity index (χ0v) is 39.5. The zero-order chi connectivity index (χ0) is 46.2. The topological polar surface area (TPSA) is 162 Å². The standard InChI is InChI=1S/C26H34N2O4.C25H33N3O4.ClH/c1-18(2)24(27-25(29)19(3)4)26(30)28-16-23(32-22-13-9-6-10-14-22)15-20(28)17-31-21-11-7-5-8-12-21;1-17(2)23(27-24(29)18(3)26)25(30)28-15-22(32-21-12-8-5-9-13-21)14-19(28)16-31-20-10-6-4-7-11-20;/h5-14,18-20,23-24H,15-17H2,1-4H3,(H,27,29);4-13,17-19,22-23H,14-16,26H2,1-3H3,(H,27,29);1H/t20-,23?,24-;18-,19-,22?,23-;/m00./s1. The second kappa shape index (κ2) is 25.6. The average Bonchev–Trinajstić information content (AvgIpc) is 3.89. The highest BCUT2D eigenvalue weighted by Crippen LogP contribution is 2.28. The van der Waals surface area contributed by atoms with Crippen molar-refractivity contribution in [3.8, 4) is 23.0 Å². The van der Waals surface area contributed by atoms with Gasteiger partial charge in [-0.15, -0.1) is 12.4 Å². The number of nitrogens with one attached hydrogen (secondary N) is 2. The van der Waals surface area contributed by atoms with E-state index in [1.807, 2.05) is 168 Å². The highest BCUT2D eigenvalue weighted by atomic mass is 35.5. The van der Waals surface area contributed by atoms with Crippen LogP contribution < -0.4 is 35.3 Å². The molecule has 4 aromatic rings. The molecule has 4 aromatic carbocycles. The smallest absolute Gasteiger partial charge is 0.245 e. The Kier molecular flexibility index (Phi) is 20.4. The van der Waals surface area contributed by atoms with Crippen LogP contribution in [0.25, 0.3) is 0 Å². The number of para-hydroxylation sites is 4. The van der Waals surface area contributed by atoms with E-state index >= 15 is 0 Å². The van der Waals surface area contributed by atoms with Crippen molar-refractivity contribution in [2.24, 2.45) is 23.5 Å². The summed E-state index contributed by atoms with van der Waals surface area (Å²) in [6.45, 7) is 14.6. The molecule has 2 aliphatic heterocycles. The van der Waals surface area contributed by atoms with Gasteiger partial charge >= 0.3 is 0 Å².